The van der Waals surface area contributed by atoms with Gasteiger partial charge in [0.25, 0.3) is 0 Å². The molecule has 0 aliphatic carbocycles. The van der Waals surface area contributed by atoms with E-state index in [-0.39, 0.29) is 12.0 Å². The Kier molecular flexibility index (Phi) is 7.43. The SMILES string of the molecule is CC(C)CC(=O)NCc1ccc(OC2CCN(Cc3ccccc3)CC2)nc1. The Morgan fingerprint density at radius 3 is 2.54 bits per heavy atom. The Balaban J connectivity index is 1.39. The van der Waals surface area contributed by atoms with Gasteiger partial charge >= 0.3 is 0 Å². The van der Waals surface area contributed by atoms with Gasteiger partial charge < -0.3 is 10.1 Å². The number of pyridine rings is 1. The Bertz CT molecular complexity index is 723. The fourth-order valence-corrected chi connectivity index (χ4v) is 3.43. The molecule has 0 radical (unpaired) electrons. The molecule has 0 saturated carbocycles. The van der Waals surface area contributed by atoms with E-state index >= 15 is 0 Å². The number of piperidine rings is 1. The first-order valence-electron chi connectivity index (χ1n) is 10.2. The fourth-order valence-electron chi connectivity index (χ4n) is 3.43. The van der Waals surface area contributed by atoms with Crippen molar-refractivity contribution >= 4 is 5.91 Å². The number of rotatable bonds is 8. The molecule has 5 nitrogen and oxygen atoms in total. The van der Waals surface area contributed by atoms with Crippen LogP contribution in [0.3, 0.4) is 0 Å². The van der Waals surface area contributed by atoms with E-state index in [4.69, 9.17) is 4.74 Å². The number of ether oxygens (including phenoxy) is 1. The van der Waals surface area contributed by atoms with E-state index in [0.717, 1.165) is 38.0 Å². The number of carbonyl (C=O) groups excluding carboxylic acids is 1. The number of hydrogen-bond acceptors (Lipinski definition) is 4. The molecule has 150 valence electrons. The molecule has 5 heteroatoms. The molecule has 1 aliphatic rings. The first-order valence-corrected chi connectivity index (χ1v) is 10.2. The lowest BCUT2D eigenvalue weighted by Gasteiger charge is -2.31. The van der Waals surface area contributed by atoms with Crippen LogP contribution in [0.25, 0.3) is 0 Å². The van der Waals surface area contributed by atoms with Crippen molar-refractivity contribution in [2.45, 2.75) is 52.3 Å². The van der Waals surface area contributed by atoms with E-state index in [1.54, 1.807) is 6.20 Å². The first-order chi connectivity index (χ1) is 13.6. The summed E-state index contributed by atoms with van der Waals surface area (Å²) in [5.41, 5.74) is 2.35. The van der Waals surface area contributed by atoms with Crippen molar-refractivity contribution < 1.29 is 9.53 Å². The third-order valence-corrected chi connectivity index (χ3v) is 4.95. The van der Waals surface area contributed by atoms with Crippen molar-refractivity contribution in [3.63, 3.8) is 0 Å². The molecular formula is C23H31N3O2. The number of aromatic nitrogens is 1. The van der Waals surface area contributed by atoms with Gasteiger partial charge in [-0.1, -0.05) is 50.2 Å². The molecule has 3 rings (SSSR count). The third kappa shape index (κ3) is 6.64. The molecule has 1 N–H and O–H groups in total. The Hall–Kier alpha value is -2.40. The zero-order chi connectivity index (χ0) is 19.8. The summed E-state index contributed by atoms with van der Waals surface area (Å²) >= 11 is 0. The lowest BCUT2D eigenvalue weighted by Crippen LogP contribution is -2.37. The summed E-state index contributed by atoms with van der Waals surface area (Å²) in [6.07, 6.45) is 4.59. The largest absolute Gasteiger partial charge is 0.474 e. The minimum atomic E-state index is 0.0811. The number of carbonyl (C=O) groups is 1. The predicted molar refractivity (Wildman–Crippen MR) is 111 cm³/mol. The molecule has 0 bridgehead atoms. The Labute approximate surface area is 168 Å². The zero-order valence-electron chi connectivity index (χ0n) is 16.9. The summed E-state index contributed by atoms with van der Waals surface area (Å²) in [7, 11) is 0. The molecule has 1 aromatic heterocycles. The Morgan fingerprint density at radius 1 is 1.14 bits per heavy atom. The highest BCUT2D eigenvalue weighted by atomic mass is 16.5. The van der Waals surface area contributed by atoms with Crippen LogP contribution in [0.15, 0.2) is 48.7 Å². The van der Waals surface area contributed by atoms with Crippen LogP contribution in [0.4, 0.5) is 0 Å². The normalized spacial score (nSPS) is 15.5. The summed E-state index contributed by atoms with van der Waals surface area (Å²) in [4.78, 5) is 18.6. The van der Waals surface area contributed by atoms with Crippen LogP contribution in [0.1, 0.15) is 44.2 Å². The third-order valence-electron chi connectivity index (χ3n) is 4.95. The molecule has 0 atom stereocenters. The number of amides is 1. The van der Waals surface area contributed by atoms with Crippen LogP contribution in [0.2, 0.25) is 0 Å². The van der Waals surface area contributed by atoms with Crippen molar-refractivity contribution in [1.82, 2.24) is 15.2 Å². The maximum Gasteiger partial charge on any atom is 0.220 e. The van der Waals surface area contributed by atoms with Gasteiger partial charge in [-0.2, -0.15) is 0 Å². The van der Waals surface area contributed by atoms with E-state index in [0.29, 0.717) is 24.8 Å². The molecule has 1 amide bonds. The second-order valence-electron chi connectivity index (χ2n) is 7.96. The maximum absolute atomic E-state index is 11.7. The highest BCUT2D eigenvalue weighted by Gasteiger charge is 2.21. The minimum Gasteiger partial charge on any atom is -0.474 e. The molecule has 28 heavy (non-hydrogen) atoms. The summed E-state index contributed by atoms with van der Waals surface area (Å²) in [5.74, 6) is 1.12. The van der Waals surface area contributed by atoms with Gasteiger partial charge in [0.15, 0.2) is 0 Å². The summed E-state index contributed by atoms with van der Waals surface area (Å²) in [5, 5.41) is 2.93. The van der Waals surface area contributed by atoms with Crippen LogP contribution in [0.5, 0.6) is 5.88 Å². The smallest absolute Gasteiger partial charge is 0.220 e. The first kappa shape index (κ1) is 20.3. The van der Waals surface area contributed by atoms with Crippen molar-refractivity contribution in [3.8, 4) is 5.88 Å². The molecule has 0 unspecified atom stereocenters. The van der Waals surface area contributed by atoms with Crippen molar-refractivity contribution in [3.05, 3.63) is 59.8 Å². The fraction of sp³-hybridized carbons (Fsp3) is 0.478. The summed E-state index contributed by atoms with van der Waals surface area (Å²) < 4.78 is 6.06. The van der Waals surface area contributed by atoms with Gasteiger partial charge in [-0.25, -0.2) is 4.98 Å². The molecule has 1 saturated heterocycles. The van der Waals surface area contributed by atoms with Crippen LogP contribution in [-0.2, 0) is 17.9 Å². The molecule has 1 aliphatic heterocycles. The molecule has 2 heterocycles. The highest BCUT2D eigenvalue weighted by Crippen LogP contribution is 2.19. The standard InChI is InChI=1S/C23H31N3O2/c1-18(2)14-22(27)24-15-20-8-9-23(25-16-20)28-21-10-12-26(13-11-21)17-19-6-4-3-5-7-19/h3-9,16,18,21H,10-15,17H2,1-2H3,(H,24,27). The quantitative estimate of drug-likeness (QED) is 0.756. The van der Waals surface area contributed by atoms with Gasteiger partial charge in [0.05, 0.1) is 0 Å². The second-order valence-corrected chi connectivity index (χ2v) is 7.96. The van der Waals surface area contributed by atoms with Gasteiger partial charge in [-0.05, 0) is 29.9 Å². The number of hydrogen-bond donors (Lipinski definition) is 1. The summed E-state index contributed by atoms with van der Waals surface area (Å²) in [6.45, 7) is 7.68. The average molecular weight is 382 g/mol. The average Bonchev–Trinajstić information content (AvgIpc) is 2.69. The van der Waals surface area contributed by atoms with Gasteiger partial charge in [0.2, 0.25) is 11.8 Å². The zero-order valence-corrected chi connectivity index (χ0v) is 16.9. The topological polar surface area (TPSA) is 54.5 Å². The molecule has 0 spiro atoms. The number of nitrogens with one attached hydrogen (secondary N) is 1. The lowest BCUT2D eigenvalue weighted by atomic mass is 10.1. The Morgan fingerprint density at radius 2 is 1.89 bits per heavy atom. The van der Waals surface area contributed by atoms with Crippen LogP contribution in [0, 0.1) is 5.92 Å². The molecular weight excluding hydrogens is 350 g/mol. The van der Waals surface area contributed by atoms with Crippen LogP contribution in [-0.4, -0.2) is 35.0 Å². The second kappa shape index (κ2) is 10.2. The van der Waals surface area contributed by atoms with Gasteiger partial charge in [-0.15, -0.1) is 0 Å². The maximum atomic E-state index is 11.7. The van der Waals surface area contributed by atoms with E-state index in [2.05, 4.69) is 45.5 Å². The van der Waals surface area contributed by atoms with Crippen molar-refractivity contribution in [2.75, 3.05) is 13.1 Å². The summed E-state index contributed by atoms with van der Waals surface area (Å²) in [6, 6.07) is 14.5. The van der Waals surface area contributed by atoms with E-state index < -0.39 is 0 Å². The van der Waals surface area contributed by atoms with Crippen LogP contribution >= 0.6 is 0 Å². The van der Waals surface area contributed by atoms with Crippen molar-refractivity contribution in [1.29, 1.82) is 0 Å². The highest BCUT2D eigenvalue weighted by molar-refractivity contribution is 5.76. The molecule has 1 aromatic carbocycles. The van der Waals surface area contributed by atoms with E-state index in [9.17, 15) is 4.79 Å². The van der Waals surface area contributed by atoms with Gasteiger partial charge in [0.1, 0.15) is 6.10 Å². The monoisotopic (exact) mass is 381 g/mol. The predicted octanol–water partition coefficient (Wildman–Crippen LogP) is 3.79. The van der Waals surface area contributed by atoms with Gasteiger partial charge in [-0.3, -0.25) is 9.69 Å². The van der Waals surface area contributed by atoms with E-state index in [1.807, 2.05) is 26.0 Å². The van der Waals surface area contributed by atoms with Gasteiger partial charge in [0, 0.05) is 44.9 Å². The van der Waals surface area contributed by atoms with E-state index in [1.165, 1.54) is 5.56 Å². The molecule has 1 fully saturated rings. The minimum absolute atomic E-state index is 0.0811. The van der Waals surface area contributed by atoms with Crippen LogP contribution < -0.4 is 10.1 Å². The number of likely N-dealkylation sites (tertiary alicyclic amines) is 1. The number of benzene rings is 1. The molecule has 2 aromatic rings. The lowest BCUT2D eigenvalue weighted by molar-refractivity contribution is -0.121. The van der Waals surface area contributed by atoms with Crippen molar-refractivity contribution in [2.24, 2.45) is 5.92 Å². The number of nitrogens with zero attached hydrogens (tertiary/aromatic N) is 2.